The second-order valence-corrected chi connectivity index (χ2v) is 8.12. The molecule has 0 aliphatic carbocycles. The van der Waals surface area contributed by atoms with Gasteiger partial charge in [-0.3, -0.25) is 0 Å². The number of anilines is 3. The Morgan fingerprint density at radius 2 is 1.72 bits per heavy atom. The molecule has 0 radical (unpaired) electrons. The summed E-state index contributed by atoms with van der Waals surface area (Å²) >= 11 is 1.72. The molecule has 2 heterocycles. The summed E-state index contributed by atoms with van der Waals surface area (Å²) in [4.78, 5) is 14.1. The monoisotopic (exact) mass is 454 g/mol. The minimum absolute atomic E-state index is 0.113. The average molecular weight is 455 g/mol. The van der Waals surface area contributed by atoms with E-state index in [-0.39, 0.29) is 12.1 Å². The lowest BCUT2D eigenvalue weighted by Gasteiger charge is -2.31. The largest absolute Gasteiger partial charge is 0.399 e. The van der Waals surface area contributed by atoms with Gasteiger partial charge in [0, 0.05) is 52.1 Å². The number of thioether (sulfide) groups is 1. The quantitative estimate of drug-likeness (QED) is 0.361. The number of H-pyrrole nitrogens is 1. The molecular formula is C24H24F2N4OS. The van der Waals surface area contributed by atoms with Gasteiger partial charge in [-0.15, -0.1) is 11.8 Å². The van der Waals surface area contributed by atoms with Crippen LogP contribution in [0.3, 0.4) is 0 Å². The molecule has 1 aliphatic heterocycles. The predicted molar refractivity (Wildman–Crippen MR) is 129 cm³/mol. The molecule has 8 heteroatoms. The number of nitrogen functional groups attached to an aromatic ring is 2. The Kier molecular flexibility index (Phi) is 7.72. The van der Waals surface area contributed by atoms with Crippen LogP contribution in [0.25, 0.3) is 10.9 Å². The number of hydrogen-bond acceptors (Lipinski definition) is 5. The normalized spacial score (nSPS) is 12.2. The number of carbonyl (C=O) groups excluding carboxylic acids is 1. The van der Waals surface area contributed by atoms with E-state index in [0.717, 1.165) is 39.5 Å². The molecule has 5 N–H and O–H groups in total. The van der Waals surface area contributed by atoms with Gasteiger partial charge in [-0.25, -0.2) is 8.78 Å². The summed E-state index contributed by atoms with van der Waals surface area (Å²) in [5, 5.41) is 1.10. The molecule has 4 aromatic rings. The van der Waals surface area contributed by atoms with Gasteiger partial charge >= 0.3 is 0 Å². The van der Waals surface area contributed by atoms with Crippen molar-refractivity contribution in [2.24, 2.45) is 0 Å². The Morgan fingerprint density at radius 3 is 2.44 bits per heavy atom. The van der Waals surface area contributed by atoms with Crippen LogP contribution in [0.15, 0.2) is 71.8 Å². The summed E-state index contributed by atoms with van der Waals surface area (Å²) in [6, 6.07) is 17.6. The Balaban J connectivity index is 0.000000201. The summed E-state index contributed by atoms with van der Waals surface area (Å²) in [5.41, 5.74) is 15.1. The minimum atomic E-state index is -0.500. The molecule has 0 saturated carbocycles. The molecule has 0 saturated heterocycles. The molecule has 3 aromatic carbocycles. The maximum Gasteiger partial charge on any atom is 0.131 e. The van der Waals surface area contributed by atoms with E-state index in [1.165, 1.54) is 18.2 Å². The highest BCUT2D eigenvalue weighted by Crippen LogP contribution is 2.37. The number of hydrogen-bond donors (Lipinski definition) is 3. The molecule has 0 spiro atoms. The van der Waals surface area contributed by atoms with Crippen LogP contribution < -0.4 is 16.4 Å². The van der Waals surface area contributed by atoms with Crippen molar-refractivity contribution in [3.05, 3.63) is 84.1 Å². The molecule has 0 bridgehead atoms. The summed E-state index contributed by atoms with van der Waals surface area (Å²) in [7, 11) is 0. The van der Waals surface area contributed by atoms with Crippen LogP contribution in [-0.4, -0.2) is 24.1 Å². The Hall–Kier alpha value is -3.52. The zero-order valence-electron chi connectivity index (χ0n) is 17.4. The molecule has 5 rings (SSSR count). The molecule has 0 atom stereocenters. The standard InChI is InChI=1S/C15H14F2N2S.C8H8N2.CH2O/c16-12-2-1-3-13(17)11(12)9-19-6-7-20-15-8-10(18)4-5-14(15)19;9-7-5-10-8-4-2-1-3-6(7)8;1-2/h1-5,8H,6-7,9,18H2;1-5,10H,9H2;1H2. The number of aromatic nitrogens is 1. The van der Waals surface area contributed by atoms with Crippen LogP contribution in [0.4, 0.5) is 25.8 Å². The van der Waals surface area contributed by atoms with Gasteiger partial charge in [0.1, 0.15) is 18.4 Å². The van der Waals surface area contributed by atoms with Crippen LogP contribution in [0.2, 0.25) is 0 Å². The fraction of sp³-hybridized carbons (Fsp3) is 0.125. The molecular weight excluding hydrogens is 430 g/mol. The van der Waals surface area contributed by atoms with Crippen molar-refractivity contribution >= 4 is 46.5 Å². The van der Waals surface area contributed by atoms with E-state index < -0.39 is 11.6 Å². The maximum absolute atomic E-state index is 13.8. The lowest BCUT2D eigenvalue weighted by atomic mass is 10.1. The maximum atomic E-state index is 13.8. The van der Waals surface area contributed by atoms with Gasteiger partial charge in [0.2, 0.25) is 0 Å². The number of rotatable bonds is 2. The molecule has 32 heavy (non-hydrogen) atoms. The first kappa shape index (κ1) is 23.1. The lowest BCUT2D eigenvalue weighted by Crippen LogP contribution is -2.29. The second-order valence-electron chi connectivity index (χ2n) is 6.99. The summed E-state index contributed by atoms with van der Waals surface area (Å²) < 4.78 is 27.5. The number of nitrogens with zero attached hydrogens (tertiary/aromatic N) is 1. The number of benzene rings is 3. The van der Waals surface area contributed by atoms with Crippen molar-refractivity contribution in [2.75, 3.05) is 28.7 Å². The highest BCUT2D eigenvalue weighted by molar-refractivity contribution is 7.99. The number of nitrogens with two attached hydrogens (primary N) is 2. The molecule has 1 aromatic heterocycles. The third-order valence-electron chi connectivity index (χ3n) is 4.98. The van der Waals surface area contributed by atoms with Crippen LogP contribution in [-0.2, 0) is 11.3 Å². The fourth-order valence-corrected chi connectivity index (χ4v) is 4.52. The van der Waals surface area contributed by atoms with Gasteiger partial charge in [-0.1, -0.05) is 24.3 Å². The summed E-state index contributed by atoms with van der Waals surface area (Å²) in [5.74, 6) is -0.118. The van der Waals surface area contributed by atoms with Crippen LogP contribution in [0, 0.1) is 11.6 Å². The number of nitrogens with one attached hydrogen (secondary N) is 1. The van der Waals surface area contributed by atoms with Crippen molar-refractivity contribution < 1.29 is 13.6 Å². The van der Waals surface area contributed by atoms with Crippen molar-refractivity contribution in [3.63, 3.8) is 0 Å². The van der Waals surface area contributed by atoms with E-state index in [1.54, 1.807) is 11.8 Å². The Labute approximate surface area is 189 Å². The summed E-state index contributed by atoms with van der Waals surface area (Å²) in [6.07, 6.45) is 1.81. The third-order valence-corrected chi connectivity index (χ3v) is 6.00. The highest BCUT2D eigenvalue weighted by Gasteiger charge is 2.20. The van der Waals surface area contributed by atoms with E-state index in [0.29, 0.717) is 5.69 Å². The second kappa shape index (κ2) is 10.7. The molecule has 0 unspecified atom stereocenters. The van der Waals surface area contributed by atoms with Gasteiger partial charge in [0.15, 0.2) is 0 Å². The van der Waals surface area contributed by atoms with E-state index >= 15 is 0 Å². The van der Waals surface area contributed by atoms with E-state index in [1.807, 2.05) is 60.4 Å². The van der Waals surface area contributed by atoms with Crippen LogP contribution in [0.1, 0.15) is 5.56 Å². The van der Waals surface area contributed by atoms with Crippen LogP contribution in [0.5, 0.6) is 0 Å². The van der Waals surface area contributed by atoms with Gasteiger partial charge in [-0.2, -0.15) is 0 Å². The van der Waals surface area contributed by atoms with Gasteiger partial charge in [0.05, 0.1) is 11.4 Å². The Bertz CT molecular complexity index is 1180. The first-order valence-electron chi connectivity index (χ1n) is 9.83. The van der Waals surface area contributed by atoms with Crippen molar-refractivity contribution in [1.29, 1.82) is 0 Å². The van der Waals surface area contributed by atoms with Crippen molar-refractivity contribution in [1.82, 2.24) is 4.98 Å². The van der Waals surface area contributed by atoms with Crippen LogP contribution >= 0.6 is 11.8 Å². The van der Waals surface area contributed by atoms with Gasteiger partial charge in [0.25, 0.3) is 0 Å². The SMILES string of the molecule is C=O.Nc1c[nH]c2ccccc12.Nc1ccc2c(c1)SCCN2Cc1c(F)cccc1F. The number of carbonyl (C=O) groups is 1. The van der Waals surface area contributed by atoms with Gasteiger partial charge < -0.3 is 26.1 Å². The number of para-hydroxylation sites is 1. The third kappa shape index (κ3) is 5.20. The fourth-order valence-electron chi connectivity index (χ4n) is 3.43. The smallest absolute Gasteiger partial charge is 0.131 e. The molecule has 166 valence electrons. The van der Waals surface area contributed by atoms with Crippen molar-refractivity contribution in [2.45, 2.75) is 11.4 Å². The van der Waals surface area contributed by atoms with E-state index in [4.69, 9.17) is 16.3 Å². The number of halogens is 2. The minimum Gasteiger partial charge on any atom is -0.399 e. The first-order chi connectivity index (χ1) is 15.5. The Morgan fingerprint density at radius 1 is 1.00 bits per heavy atom. The number of fused-ring (bicyclic) bond motifs is 2. The van der Waals surface area contributed by atoms with E-state index in [9.17, 15) is 8.78 Å². The molecule has 5 nitrogen and oxygen atoms in total. The first-order valence-corrected chi connectivity index (χ1v) is 10.8. The average Bonchev–Trinajstić information content (AvgIpc) is 3.19. The van der Waals surface area contributed by atoms with Crippen molar-refractivity contribution in [3.8, 4) is 0 Å². The van der Waals surface area contributed by atoms with E-state index in [2.05, 4.69) is 4.98 Å². The zero-order chi connectivity index (χ0) is 23.1. The topological polar surface area (TPSA) is 88.1 Å². The number of aromatic amines is 1. The highest BCUT2D eigenvalue weighted by atomic mass is 32.2. The zero-order valence-corrected chi connectivity index (χ0v) is 18.2. The lowest BCUT2D eigenvalue weighted by molar-refractivity contribution is -0.0979. The summed E-state index contributed by atoms with van der Waals surface area (Å²) in [6.45, 7) is 2.99. The van der Waals surface area contributed by atoms with Gasteiger partial charge in [-0.05, 0) is 36.4 Å². The molecule has 0 amide bonds. The predicted octanol–water partition coefficient (Wildman–Crippen LogP) is 5.22. The molecule has 0 fully saturated rings. The molecule has 1 aliphatic rings.